The molecule has 3 N–H and O–H groups in total. The summed E-state index contributed by atoms with van der Waals surface area (Å²) in [5, 5.41) is 3.45. The summed E-state index contributed by atoms with van der Waals surface area (Å²) in [6.07, 6.45) is 0. The average Bonchev–Trinajstić information content (AvgIpc) is 2.49. The SMILES string of the molecule is COC(=O)c1cc(Br)c(N)c(F)c1Nc1ccc(Cl)cc1Cl. The van der Waals surface area contributed by atoms with Crippen LogP contribution in [0.3, 0.4) is 0 Å². The zero-order chi connectivity index (χ0) is 16.4. The number of nitrogens with two attached hydrogens (primary N) is 1. The molecule has 0 saturated heterocycles. The maximum absolute atomic E-state index is 14.4. The predicted molar refractivity (Wildman–Crippen MR) is 89.6 cm³/mol. The minimum absolute atomic E-state index is 0.0212. The van der Waals surface area contributed by atoms with Crippen molar-refractivity contribution in [2.75, 3.05) is 18.2 Å². The molecule has 0 atom stereocenters. The number of hydrogen-bond acceptors (Lipinski definition) is 4. The second kappa shape index (κ2) is 6.73. The molecule has 0 unspecified atom stereocenters. The van der Waals surface area contributed by atoms with Gasteiger partial charge in [-0.15, -0.1) is 0 Å². The molecule has 2 rings (SSSR count). The van der Waals surface area contributed by atoms with Crippen molar-refractivity contribution in [3.63, 3.8) is 0 Å². The van der Waals surface area contributed by atoms with Gasteiger partial charge in [0.05, 0.1) is 34.8 Å². The standard InChI is InChI=1S/C14H10BrCl2FN2O2/c1-22-14(21)7-5-8(15)12(19)11(18)13(7)20-10-3-2-6(16)4-9(10)17/h2-5,20H,19H2,1H3. The molecule has 0 bridgehead atoms. The van der Waals surface area contributed by atoms with E-state index in [1.165, 1.54) is 19.2 Å². The number of carbonyl (C=O) groups is 1. The Bertz CT molecular complexity index is 756. The van der Waals surface area contributed by atoms with Crippen LogP contribution in [-0.2, 0) is 4.74 Å². The highest BCUT2D eigenvalue weighted by atomic mass is 79.9. The van der Waals surface area contributed by atoms with Gasteiger partial charge in [0.25, 0.3) is 0 Å². The van der Waals surface area contributed by atoms with E-state index < -0.39 is 11.8 Å². The molecular formula is C14H10BrCl2FN2O2. The van der Waals surface area contributed by atoms with Gasteiger partial charge in [-0.1, -0.05) is 23.2 Å². The molecule has 0 amide bonds. The lowest BCUT2D eigenvalue weighted by atomic mass is 10.1. The van der Waals surface area contributed by atoms with Crippen molar-refractivity contribution in [1.82, 2.24) is 0 Å². The summed E-state index contributed by atoms with van der Waals surface area (Å²) in [7, 11) is 1.20. The summed E-state index contributed by atoms with van der Waals surface area (Å²) in [6.45, 7) is 0. The van der Waals surface area contributed by atoms with Crippen LogP contribution >= 0.6 is 39.1 Å². The molecule has 0 aliphatic rings. The minimum Gasteiger partial charge on any atom is -0.465 e. The highest BCUT2D eigenvalue weighted by Crippen LogP contribution is 2.36. The number of nitrogen functional groups attached to an aromatic ring is 1. The number of esters is 1. The quantitative estimate of drug-likeness (QED) is 0.554. The van der Waals surface area contributed by atoms with E-state index >= 15 is 0 Å². The lowest BCUT2D eigenvalue weighted by Gasteiger charge is -2.15. The smallest absolute Gasteiger partial charge is 0.340 e. The molecule has 0 saturated carbocycles. The molecule has 22 heavy (non-hydrogen) atoms. The Morgan fingerprint density at radius 1 is 1.36 bits per heavy atom. The number of benzene rings is 2. The fourth-order valence-corrected chi connectivity index (χ4v) is 2.61. The Labute approximate surface area is 144 Å². The van der Waals surface area contributed by atoms with Crippen LogP contribution in [0, 0.1) is 5.82 Å². The Kier molecular flexibility index (Phi) is 5.16. The molecule has 0 aliphatic carbocycles. The topological polar surface area (TPSA) is 64.3 Å². The first-order valence-electron chi connectivity index (χ1n) is 5.93. The van der Waals surface area contributed by atoms with Crippen molar-refractivity contribution in [3.8, 4) is 0 Å². The molecule has 116 valence electrons. The third-order valence-electron chi connectivity index (χ3n) is 2.85. The van der Waals surface area contributed by atoms with Crippen molar-refractivity contribution in [3.05, 3.63) is 50.2 Å². The summed E-state index contributed by atoms with van der Waals surface area (Å²) in [6, 6.07) is 6.00. The van der Waals surface area contributed by atoms with E-state index in [9.17, 15) is 9.18 Å². The van der Waals surface area contributed by atoms with Gasteiger partial charge < -0.3 is 15.8 Å². The minimum atomic E-state index is -0.791. The molecule has 0 aromatic heterocycles. The van der Waals surface area contributed by atoms with Crippen molar-refractivity contribution in [2.24, 2.45) is 0 Å². The van der Waals surface area contributed by atoms with Gasteiger partial charge in [0, 0.05) is 9.50 Å². The second-order valence-electron chi connectivity index (χ2n) is 4.25. The number of hydrogen-bond donors (Lipinski definition) is 2. The zero-order valence-corrected chi connectivity index (χ0v) is 14.3. The van der Waals surface area contributed by atoms with Crippen molar-refractivity contribution >= 4 is 62.2 Å². The summed E-state index contributed by atoms with van der Waals surface area (Å²) in [5.74, 6) is -1.51. The van der Waals surface area contributed by atoms with Gasteiger partial charge in [-0.05, 0) is 40.2 Å². The van der Waals surface area contributed by atoms with E-state index in [0.717, 1.165) is 0 Å². The highest BCUT2D eigenvalue weighted by molar-refractivity contribution is 9.10. The molecule has 0 spiro atoms. The summed E-state index contributed by atoms with van der Waals surface area (Å²) >= 11 is 15.0. The summed E-state index contributed by atoms with van der Waals surface area (Å²) in [5.41, 5.74) is 5.73. The Balaban J connectivity index is 2.58. The van der Waals surface area contributed by atoms with E-state index in [2.05, 4.69) is 26.0 Å². The van der Waals surface area contributed by atoms with Crippen LogP contribution in [0.25, 0.3) is 0 Å². The second-order valence-corrected chi connectivity index (χ2v) is 5.95. The van der Waals surface area contributed by atoms with Crippen LogP contribution in [0.4, 0.5) is 21.5 Å². The maximum Gasteiger partial charge on any atom is 0.340 e. The van der Waals surface area contributed by atoms with Gasteiger partial charge in [0.15, 0.2) is 5.82 Å². The molecule has 0 heterocycles. The first kappa shape index (κ1) is 16.9. The fraction of sp³-hybridized carbons (Fsp3) is 0.0714. The summed E-state index contributed by atoms with van der Waals surface area (Å²) in [4.78, 5) is 11.8. The Hall–Kier alpha value is -1.50. The molecule has 0 aliphatic heterocycles. The lowest BCUT2D eigenvalue weighted by Crippen LogP contribution is -2.10. The van der Waals surface area contributed by atoms with E-state index in [1.54, 1.807) is 12.1 Å². The average molecular weight is 408 g/mol. The van der Waals surface area contributed by atoms with E-state index in [-0.39, 0.29) is 26.4 Å². The first-order chi connectivity index (χ1) is 10.3. The molecular weight excluding hydrogens is 398 g/mol. The zero-order valence-electron chi connectivity index (χ0n) is 11.2. The number of ether oxygens (including phenoxy) is 1. The molecule has 8 heteroatoms. The van der Waals surface area contributed by atoms with Gasteiger partial charge in [0.2, 0.25) is 0 Å². The van der Waals surface area contributed by atoms with Crippen LogP contribution in [-0.4, -0.2) is 13.1 Å². The van der Waals surface area contributed by atoms with Crippen LogP contribution in [0.1, 0.15) is 10.4 Å². The van der Waals surface area contributed by atoms with Crippen LogP contribution in [0.2, 0.25) is 10.0 Å². The van der Waals surface area contributed by atoms with E-state index in [1.807, 2.05) is 0 Å². The van der Waals surface area contributed by atoms with Crippen molar-refractivity contribution in [1.29, 1.82) is 0 Å². The largest absolute Gasteiger partial charge is 0.465 e. The summed E-state index contributed by atoms with van der Waals surface area (Å²) < 4.78 is 19.3. The van der Waals surface area contributed by atoms with Crippen molar-refractivity contribution in [2.45, 2.75) is 0 Å². The Morgan fingerprint density at radius 3 is 2.64 bits per heavy atom. The molecule has 2 aromatic rings. The highest BCUT2D eigenvalue weighted by Gasteiger charge is 2.21. The van der Waals surface area contributed by atoms with Crippen LogP contribution < -0.4 is 11.1 Å². The number of carbonyl (C=O) groups excluding carboxylic acids is 1. The number of methoxy groups -OCH3 is 1. The number of anilines is 3. The van der Waals surface area contributed by atoms with Gasteiger partial charge in [-0.3, -0.25) is 0 Å². The van der Waals surface area contributed by atoms with Gasteiger partial charge in [-0.25, -0.2) is 9.18 Å². The van der Waals surface area contributed by atoms with Gasteiger partial charge in [-0.2, -0.15) is 0 Å². The number of halogens is 4. The van der Waals surface area contributed by atoms with Crippen LogP contribution in [0.5, 0.6) is 0 Å². The number of nitrogens with one attached hydrogen (secondary N) is 1. The third kappa shape index (κ3) is 3.29. The fourth-order valence-electron chi connectivity index (χ4n) is 1.75. The van der Waals surface area contributed by atoms with Crippen LogP contribution in [0.15, 0.2) is 28.7 Å². The predicted octanol–water partition coefficient (Wildman–Crippen LogP) is 5.01. The number of rotatable bonds is 3. The molecule has 0 radical (unpaired) electrons. The monoisotopic (exact) mass is 406 g/mol. The molecule has 4 nitrogen and oxygen atoms in total. The van der Waals surface area contributed by atoms with E-state index in [4.69, 9.17) is 28.9 Å². The normalized spacial score (nSPS) is 10.4. The third-order valence-corrected chi connectivity index (χ3v) is 4.05. The molecule has 0 fully saturated rings. The lowest BCUT2D eigenvalue weighted by molar-refractivity contribution is 0.0601. The first-order valence-corrected chi connectivity index (χ1v) is 7.48. The Morgan fingerprint density at radius 2 is 2.05 bits per heavy atom. The molecule has 2 aromatic carbocycles. The van der Waals surface area contributed by atoms with Gasteiger partial charge in [0.1, 0.15) is 0 Å². The van der Waals surface area contributed by atoms with E-state index in [0.29, 0.717) is 10.7 Å². The van der Waals surface area contributed by atoms with Crippen molar-refractivity contribution < 1.29 is 13.9 Å². The maximum atomic E-state index is 14.4. The van der Waals surface area contributed by atoms with Gasteiger partial charge >= 0.3 is 5.97 Å².